The van der Waals surface area contributed by atoms with Gasteiger partial charge in [-0.2, -0.15) is 0 Å². The number of halogens is 2. The molecule has 0 amide bonds. The standard InChI is InChI=1S/C16H18Cl2O3/c1-10(2)11-4-6-12(7-5-11)13(19)8-21-14(20)15(3)9-16(15,17)18/h4-7,10H,8-9H2,1-3H3. The van der Waals surface area contributed by atoms with Crippen molar-refractivity contribution >= 4 is 35.0 Å². The Kier molecular flexibility index (Phi) is 4.36. The van der Waals surface area contributed by atoms with Crippen molar-refractivity contribution in [3.8, 4) is 0 Å². The Morgan fingerprint density at radius 3 is 2.19 bits per heavy atom. The zero-order valence-electron chi connectivity index (χ0n) is 12.3. The molecule has 5 heteroatoms. The maximum atomic E-state index is 12.0. The third kappa shape index (κ3) is 3.24. The summed E-state index contributed by atoms with van der Waals surface area (Å²) >= 11 is 11.8. The summed E-state index contributed by atoms with van der Waals surface area (Å²) in [5.74, 6) is -0.361. The molecule has 1 atom stereocenters. The molecule has 114 valence electrons. The van der Waals surface area contributed by atoms with Gasteiger partial charge in [0.25, 0.3) is 0 Å². The fourth-order valence-electron chi connectivity index (χ4n) is 2.05. The second kappa shape index (κ2) is 5.62. The van der Waals surface area contributed by atoms with Crippen LogP contribution in [0.5, 0.6) is 0 Å². The number of alkyl halides is 2. The topological polar surface area (TPSA) is 43.4 Å². The van der Waals surface area contributed by atoms with Crippen LogP contribution in [0.3, 0.4) is 0 Å². The van der Waals surface area contributed by atoms with Gasteiger partial charge in [0.15, 0.2) is 12.4 Å². The van der Waals surface area contributed by atoms with E-state index in [4.69, 9.17) is 27.9 Å². The summed E-state index contributed by atoms with van der Waals surface area (Å²) in [4.78, 5) is 23.9. The smallest absolute Gasteiger partial charge is 0.315 e. The minimum Gasteiger partial charge on any atom is -0.457 e. The Morgan fingerprint density at radius 1 is 1.24 bits per heavy atom. The first kappa shape index (κ1) is 16.3. The van der Waals surface area contributed by atoms with Crippen molar-refractivity contribution in [1.82, 2.24) is 0 Å². The van der Waals surface area contributed by atoms with Gasteiger partial charge in [0, 0.05) is 12.0 Å². The number of ether oxygens (including phenoxy) is 1. The van der Waals surface area contributed by atoms with Gasteiger partial charge in [0.1, 0.15) is 9.75 Å². The molecule has 1 saturated carbocycles. The normalized spacial score (nSPS) is 23.0. The van der Waals surface area contributed by atoms with Crippen LogP contribution < -0.4 is 0 Å². The van der Waals surface area contributed by atoms with Crippen molar-refractivity contribution in [2.45, 2.75) is 37.4 Å². The minimum atomic E-state index is -1.08. The molecule has 0 aliphatic heterocycles. The van der Waals surface area contributed by atoms with Crippen molar-refractivity contribution in [2.24, 2.45) is 5.41 Å². The number of benzene rings is 1. The van der Waals surface area contributed by atoms with Crippen LogP contribution in [-0.2, 0) is 9.53 Å². The Hall–Kier alpha value is -1.06. The van der Waals surface area contributed by atoms with Crippen molar-refractivity contribution < 1.29 is 14.3 Å². The molecule has 0 bridgehead atoms. The fourth-order valence-corrected chi connectivity index (χ4v) is 2.74. The van der Waals surface area contributed by atoms with Gasteiger partial charge in [-0.15, -0.1) is 23.2 Å². The second-order valence-electron chi connectivity index (χ2n) is 5.99. The Bertz CT molecular complexity index is 563. The molecular weight excluding hydrogens is 311 g/mol. The maximum absolute atomic E-state index is 12.0. The van der Waals surface area contributed by atoms with Crippen LogP contribution in [0.1, 0.15) is 49.0 Å². The zero-order chi connectivity index (χ0) is 15.8. The average molecular weight is 329 g/mol. The monoisotopic (exact) mass is 328 g/mol. The summed E-state index contributed by atoms with van der Waals surface area (Å²) in [5.41, 5.74) is 0.775. The zero-order valence-corrected chi connectivity index (χ0v) is 13.8. The van der Waals surface area contributed by atoms with Crippen LogP contribution in [0.4, 0.5) is 0 Å². The van der Waals surface area contributed by atoms with E-state index in [1.807, 2.05) is 12.1 Å². The van der Waals surface area contributed by atoms with Crippen LogP contribution in [0.2, 0.25) is 0 Å². The lowest BCUT2D eigenvalue weighted by atomic mass is 10.0. The van der Waals surface area contributed by atoms with Gasteiger partial charge in [-0.3, -0.25) is 9.59 Å². The van der Waals surface area contributed by atoms with Crippen molar-refractivity contribution in [3.63, 3.8) is 0 Å². The summed E-state index contributed by atoms with van der Waals surface area (Å²) in [5, 5.41) is 0. The molecule has 1 aromatic rings. The third-order valence-corrected chi connectivity index (χ3v) is 5.04. The average Bonchev–Trinajstić information content (AvgIpc) is 2.96. The van der Waals surface area contributed by atoms with Gasteiger partial charge >= 0.3 is 5.97 Å². The fraction of sp³-hybridized carbons (Fsp3) is 0.500. The number of hydrogen-bond acceptors (Lipinski definition) is 3. The van der Waals surface area contributed by atoms with Crippen LogP contribution in [-0.4, -0.2) is 22.7 Å². The Labute approximate surface area is 134 Å². The van der Waals surface area contributed by atoms with Gasteiger partial charge < -0.3 is 4.74 Å². The van der Waals surface area contributed by atoms with E-state index in [1.54, 1.807) is 19.1 Å². The summed E-state index contributed by atoms with van der Waals surface area (Å²) in [6.45, 7) is 5.51. The largest absolute Gasteiger partial charge is 0.457 e. The SMILES string of the molecule is CC(C)c1ccc(C(=O)COC(=O)C2(C)CC2(Cl)Cl)cc1. The number of esters is 1. The van der Waals surface area contributed by atoms with Gasteiger partial charge in [-0.1, -0.05) is 38.1 Å². The lowest BCUT2D eigenvalue weighted by Gasteiger charge is -2.11. The molecule has 3 nitrogen and oxygen atoms in total. The quantitative estimate of drug-likeness (QED) is 0.464. The molecule has 0 aromatic heterocycles. The van der Waals surface area contributed by atoms with Crippen molar-refractivity contribution in [1.29, 1.82) is 0 Å². The number of Topliss-reactive ketones (excluding diaryl/α,β-unsaturated/α-hetero) is 1. The van der Waals surface area contributed by atoms with E-state index in [0.29, 0.717) is 17.9 Å². The first-order chi connectivity index (χ1) is 9.67. The van der Waals surface area contributed by atoms with Gasteiger partial charge in [-0.05, 0) is 18.4 Å². The summed E-state index contributed by atoms with van der Waals surface area (Å²) in [7, 11) is 0. The molecule has 1 aliphatic rings. The molecular formula is C16H18Cl2O3. The van der Waals surface area contributed by atoms with Gasteiger partial charge in [0.05, 0.1) is 0 Å². The molecule has 0 saturated heterocycles. The van der Waals surface area contributed by atoms with E-state index in [9.17, 15) is 9.59 Å². The lowest BCUT2D eigenvalue weighted by molar-refractivity contribution is -0.148. The Balaban J connectivity index is 1.92. The molecule has 1 unspecified atom stereocenters. The van der Waals surface area contributed by atoms with Crippen molar-refractivity contribution in [3.05, 3.63) is 35.4 Å². The van der Waals surface area contributed by atoms with Gasteiger partial charge in [0.2, 0.25) is 0 Å². The summed E-state index contributed by atoms with van der Waals surface area (Å²) in [6.07, 6.45) is 0.346. The molecule has 21 heavy (non-hydrogen) atoms. The predicted octanol–water partition coefficient (Wildman–Crippen LogP) is 4.12. The van der Waals surface area contributed by atoms with E-state index in [1.165, 1.54) is 0 Å². The van der Waals surface area contributed by atoms with E-state index in [-0.39, 0.29) is 12.4 Å². The first-order valence-corrected chi connectivity index (χ1v) is 7.61. The highest BCUT2D eigenvalue weighted by Gasteiger charge is 2.69. The number of carbonyl (C=O) groups is 2. The molecule has 0 radical (unpaired) electrons. The van der Waals surface area contributed by atoms with E-state index >= 15 is 0 Å². The molecule has 1 aromatic carbocycles. The summed E-state index contributed by atoms with van der Waals surface area (Å²) in [6, 6.07) is 7.31. The first-order valence-electron chi connectivity index (χ1n) is 6.85. The third-order valence-electron chi connectivity index (χ3n) is 3.94. The predicted molar refractivity (Wildman–Crippen MR) is 83.0 cm³/mol. The summed E-state index contributed by atoms with van der Waals surface area (Å²) < 4.78 is 3.96. The van der Waals surface area contributed by atoms with E-state index in [2.05, 4.69) is 13.8 Å². The number of carbonyl (C=O) groups excluding carboxylic acids is 2. The molecule has 0 spiro atoms. The van der Waals surface area contributed by atoms with E-state index in [0.717, 1.165) is 5.56 Å². The second-order valence-corrected chi connectivity index (χ2v) is 7.47. The van der Waals surface area contributed by atoms with Gasteiger partial charge in [-0.25, -0.2) is 0 Å². The Morgan fingerprint density at radius 2 is 1.76 bits per heavy atom. The van der Waals surface area contributed by atoms with Crippen LogP contribution in [0.15, 0.2) is 24.3 Å². The van der Waals surface area contributed by atoms with Crippen LogP contribution in [0.25, 0.3) is 0 Å². The number of hydrogen-bond donors (Lipinski definition) is 0. The maximum Gasteiger partial charge on any atom is 0.315 e. The highest BCUT2D eigenvalue weighted by molar-refractivity contribution is 6.53. The molecule has 0 N–H and O–H groups in total. The van der Waals surface area contributed by atoms with Crippen molar-refractivity contribution in [2.75, 3.05) is 6.61 Å². The van der Waals surface area contributed by atoms with E-state index < -0.39 is 15.7 Å². The lowest BCUT2D eigenvalue weighted by Crippen LogP contribution is -2.24. The molecule has 1 fully saturated rings. The molecule has 1 aliphatic carbocycles. The molecule has 2 rings (SSSR count). The highest BCUT2D eigenvalue weighted by atomic mass is 35.5. The van der Waals surface area contributed by atoms with Crippen LogP contribution in [0, 0.1) is 5.41 Å². The highest BCUT2D eigenvalue weighted by Crippen LogP contribution is 2.64. The minimum absolute atomic E-state index is 0.238. The number of rotatable bonds is 5. The number of ketones is 1. The molecule has 0 heterocycles. The van der Waals surface area contributed by atoms with Crippen LogP contribution >= 0.6 is 23.2 Å².